The lowest BCUT2D eigenvalue weighted by atomic mass is 9.48. The molecule has 4 fully saturated rings. The molecule has 2 unspecified atom stereocenters. The van der Waals surface area contributed by atoms with Gasteiger partial charge in [-0.2, -0.15) is 0 Å². The highest BCUT2D eigenvalue weighted by Crippen LogP contribution is 2.62. The van der Waals surface area contributed by atoms with Gasteiger partial charge in [0.15, 0.2) is 11.9 Å². The van der Waals surface area contributed by atoms with Crippen molar-refractivity contribution >= 4 is 23.3 Å². The van der Waals surface area contributed by atoms with Crippen molar-refractivity contribution < 1.29 is 24.2 Å². The smallest absolute Gasteiger partial charge is 0.312 e. The number of esters is 1. The summed E-state index contributed by atoms with van der Waals surface area (Å²) >= 11 is 0. The summed E-state index contributed by atoms with van der Waals surface area (Å²) in [4.78, 5) is 37.3. The minimum absolute atomic E-state index is 0.151. The van der Waals surface area contributed by atoms with Gasteiger partial charge in [0.2, 0.25) is 0 Å². The van der Waals surface area contributed by atoms with Crippen LogP contribution in [-0.2, 0) is 14.3 Å². The minimum atomic E-state index is -0.977. The number of aliphatic hydroxyl groups is 1. The third kappa shape index (κ3) is 3.34. The maximum atomic E-state index is 13.0. The zero-order chi connectivity index (χ0) is 20.1. The Morgan fingerprint density at radius 3 is 2.39 bits per heavy atom. The maximum Gasteiger partial charge on any atom is 0.312 e. The molecule has 28 heavy (non-hydrogen) atoms. The number of ketones is 1. The largest absolute Gasteiger partial charge is 0.452 e. The number of Topliss-reactive ketones (excluding diaryl/α,β-unsaturated/α-hetero) is 1. The van der Waals surface area contributed by atoms with Crippen molar-refractivity contribution in [2.24, 2.45) is 17.3 Å². The van der Waals surface area contributed by atoms with Crippen LogP contribution in [0.1, 0.15) is 62.7 Å². The molecule has 0 radical (unpaired) electrons. The first kappa shape index (κ1) is 19.1. The summed E-state index contributed by atoms with van der Waals surface area (Å²) in [6.45, 7) is 2.98. The van der Waals surface area contributed by atoms with Crippen LogP contribution in [0.2, 0.25) is 0 Å². The average Bonchev–Trinajstić information content (AvgIpc) is 2.59. The highest BCUT2D eigenvalue weighted by atomic mass is 16.5. The quantitative estimate of drug-likeness (QED) is 0.600. The fraction of sp³-hybridized carbons (Fsp3) is 0.591. The number of anilines is 1. The SMILES string of the molecule is CC(=O)c1ccccc1NC(=O)[C@@H](C)OC(=O)C12C[C@@H]3C[C@@H](CC(O)(C3)C1)C2. The summed E-state index contributed by atoms with van der Waals surface area (Å²) in [5.41, 5.74) is -0.593. The number of carbonyl (C=O) groups is 3. The van der Waals surface area contributed by atoms with Crippen molar-refractivity contribution in [2.75, 3.05) is 5.32 Å². The van der Waals surface area contributed by atoms with Gasteiger partial charge < -0.3 is 15.2 Å². The lowest BCUT2D eigenvalue weighted by Crippen LogP contribution is -2.59. The molecule has 4 aliphatic carbocycles. The van der Waals surface area contributed by atoms with E-state index in [-0.39, 0.29) is 11.8 Å². The average molecular weight is 385 g/mol. The molecule has 2 N–H and O–H groups in total. The van der Waals surface area contributed by atoms with Crippen LogP contribution in [0.15, 0.2) is 24.3 Å². The van der Waals surface area contributed by atoms with Gasteiger partial charge in [-0.05, 0) is 76.3 Å². The highest BCUT2D eigenvalue weighted by Gasteiger charge is 2.61. The van der Waals surface area contributed by atoms with Gasteiger partial charge in [-0.15, -0.1) is 0 Å². The van der Waals surface area contributed by atoms with Gasteiger partial charge in [0.1, 0.15) is 0 Å². The molecule has 0 heterocycles. The van der Waals surface area contributed by atoms with E-state index in [2.05, 4.69) is 5.32 Å². The Labute approximate surface area is 164 Å². The Hall–Kier alpha value is -2.21. The van der Waals surface area contributed by atoms with E-state index in [1.807, 2.05) is 0 Å². The molecule has 0 aromatic heterocycles. The molecule has 0 saturated heterocycles. The molecule has 1 aromatic rings. The lowest BCUT2D eigenvalue weighted by molar-refractivity contribution is -0.199. The molecular formula is C22H27NO5. The molecule has 4 bridgehead atoms. The second-order valence-corrected chi connectivity index (χ2v) is 9.10. The van der Waals surface area contributed by atoms with Gasteiger partial charge in [-0.25, -0.2) is 0 Å². The summed E-state index contributed by atoms with van der Waals surface area (Å²) in [5.74, 6) is -0.258. The zero-order valence-corrected chi connectivity index (χ0v) is 16.4. The van der Waals surface area contributed by atoms with Gasteiger partial charge in [0.05, 0.1) is 16.7 Å². The topological polar surface area (TPSA) is 92.7 Å². The fourth-order valence-corrected chi connectivity index (χ4v) is 5.93. The number of rotatable bonds is 5. The fourth-order valence-electron chi connectivity index (χ4n) is 5.93. The van der Waals surface area contributed by atoms with Crippen molar-refractivity contribution in [3.63, 3.8) is 0 Å². The van der Waals surface area contributed by atoms with E-state index in [1.165, 1.54) is 6.92 Å². The molecule has 4 aliphatic rings. The van der Waals surface area contributed by atoms with Crippen molar-refractivity contribution in [3.8, 4) is 0 Å². The molecule has 1 aromatic carbocycles. The van der Waals surface area contributed by atoms with Crippen molar-refractivity contribution in [3.05, 3.63) is 29.8 Å². The molecule has 150 valence electrons. The predicted octanol–water partition coefficient (Wildman–Crippen LogP) is 3.09. The van der Waals surface area contributed by atoms with Crippen LogP contribution in [0.25, 0.3) is 0 Å². The van der Waals surface area contributed by atoms with E-state index in [9.17, 15) is 19.5 Å². The van der Waals surface area contributed by atoms with Crippen molar-refractivity contribution in [2.45, 2.75) is 64.1 Å². The Bertz CT molecular complexity index is 818. The van der Waals surface area contributed by atoms with Crippen LogP contribution in [0.5, 0.6) is 0 Å². The maximum absolute atomic E-state index is 13.0. The van der Waals surface area contributed by atoms with Crippen LogP contribution in [0.3, 0.4) is 0 Å². The third-order valence-corrected chi connectivity index (χ3v) is 6.68. The number of amides is 1. The summed E-state index contributed by atoms with van der Waals surface area (Å²) < 4.78 is 5.57. The Morgan fingerprint density at radius 2 is 1.79 bits per heavy atom. The van der Waals surface area contributed by atoms with Crippen LogP contribution in [-0.4, -0.2) is 34.5 Å². The molecule has 0 aliphatic heterocycles. The number of nitrogens with one attached hydrogen (secondary N) is 1. The zero-order valence-electron chi connectivity index (χ0n) is 16.4. The summed E-state index contributed by atoms with van der Waals surface area (Å²) in [6.07, 6.45) is 3.57. The van der Waals surface area contributed by atoms with Crippen LogP contribution in [0, 0.1) is 17.3 Å². The summed E-state index contributed by atoms with van der Waals surface area (Å²) in [6, 6.07) is 6.75. The van der Waals surface area contributed by atoms with Crippen molar-refractivity contribution in [1.82, 2.24) is 0 Å². The summed E-state index contributed by atoms with van der Waals surface area (Å²) in [5, 5.41) is 13.5. The number of benzene rings is 1. The van der Waals surface area contributed by atoms with Gasteiger partial charge >= 0.3 is 5.97 Å². The standard InChI is InChI=1S/C22H27NO5/c1-13(24)17-5-3-4-6-18(17)23-19(25)14(2)28-20(26)21-8-15-7-16(9-21)11-22(27,10-15)12-21/h3-6,14-16,27H,7-12H2,1-2H3,(H,23,25)/t14-,15-,16+,21?,22?/m1/s1. The Morgan fingerprint density at radius 1 is 1.14 bits per heavy atom. The van der Waals surface area contributed by atoms with Crippen LogP contribution in [0.4, 0.5) is 5.69 Å². The molecule has 1 amide bonds. The highest BCUT2D eigenvalue weighted by molar-refractivity contribution is 6.04. The first-order chi connectivity index (χ1) is 13.2. The van der Waals surface area contributed by atoms with Crippen LogP contribution < -0.4 is 5.32 Å². The first-order valence-electron chi connectivity index (χ1n) is 10.0. The second-order valence-electron chi connectivity index (χ2n) is 9.10. The van der Waals surface area contributed by atoms with E-state index >= 15 is 0 Å². The van der Waals surface area contributed by atoms with E-state index in [1.54, 1.807) is 31.2 Å². The van der Waals surface area contributed by atoms with E-state index in [0.717, 1.165) is 32.1 Å². The van der Waals surface area contributed by atoms with Gasteiger partial charge in [-0.3, -0.25) is 14.4 Å². The lowest BCUT2D eigenvalue weighted by Gasteiger charge is -2.58. The number of hydrogen-bond acceptors (Lipinski definition) is 5. The molecule has 5 atom stereocenters. The van der Waals surface area contributed by atoms with Crippen molar-refractivity contribution in [1.29, 1.82) is 0 Å². The second kappa shape index (κ2) is 6.69. The van der Waals surface area contributed by atoms with E-state index < -0.39 is 23.0 Å². The van der Waals surface area contributed by atoms with E-state index in [0.29, 0.717) is 29.5 Å². The predicted molar refractivity (Wildman–Crippen MR) is 103 cm³/mol. The number of carbonyl (C=O) groups excluding carboxylic acids is 3. The number of hydrogen-bond donors (Lipinski definition) is 2. The molecule has 6 heteroatoms. The minimum Gasteiger partial charge on any atom is -0.452 e. The number of para-hydroxylation sites is 1. The third-order valence-electron chi connectivity index (χ3n) is 6.68. The Balaban J connectivity index is 1.44. The van der Waals surface area contributed by atoms with Crippen LogP contribution >= 0.6 is 0 Å². The monoisotopic (exact) mass is 385 g/mol. The Kier molecular flexibility index (Phi) is 4.57. The number of ether oxygens (including phenoxy) is 1. The molecular weight excluding hydrogens is 358 g/mol. The normalized spacial score (nSPS) is 34.0. The summed E-state index contributed by atoms with van der Waals surface area (Å²) in [7, 11) is 0. The van der Waals surface area contributed by atoms with Gasteiger partial charge in [0.25, 0.3) is 5.91 Å². The molecule has 0 spiro atoms. The molecule has 4 saturated carbocycles. The van der Waals surface area contributed by atoms with E-state index in [4.69, 9.17) is 4.74 Å². The molecule has 6 nitrogen and oxygen atoms in total. The van der Waals surface area contributed by atoms with Gasteiger partial charge in [0, 0.05) is 5.56 Å². The first-order valence-corrected chi connectivity index (χ1v) is 10.0. The molecule has 5 rings (SSSR count). The van der Waals surface area contributed by atoms with Gasteiger partial charge in [-0.1, -0.05) is 12.1 Å².